The van der Waals surface area contributed by atoms with Gasteiger partial charge in [-0.15, -0.1) is 24.5 Å². The van der Waals surface area contributed by atoms with E-state index in [1.54, 1.807) is 6.07 Å². The fraction of sp³-hybridized carbons (Fsp3) is 0.167. The number of nitrogens with one attached hydrogen (secondary N) is 1. The van der Waals surface area contributed by atoms with Crippen LogP contribution in [0, 0.1) is 0 Å². The molecule has 0 amide bonds. The number of ether oxygens (including phenoxy) is 1. The summed E-state index contributed by atoms with van der Waals surface area (Å²) in [4.78, 5) is 0.790. The average molecular weight is 323 g/mol. The summed E-state index contributed by atoms with van der Waals surface area (Å²) in [6.07, 6.45) is -4.70. The van der Waals surface area contributed by atoms with Crippen molar-refractivity contribution in [2.24, 2.45) is 5.84 Å². The van der Waals surface area contributed by atoms with Crippen molar-refractivity contribution in [3.05, 3.63) is 51.2 Å². The molecule has 0 radical (unpaired) electrons. The van der Waals surface area contributed by atoms with Gasteiger partial charge in [0, 0.05) is 4.88 Å². The van der Waals surface area contributed by atoms with Crippen LogP contribution in [0.15, 0.2) is 35.7 Å². The lowest BCUT2D eigenvalue weighted by molar-refractivity contribution is -0.274. The van der Waals surface area contributed by atoms with Gasteiger partial charge in [-0.05, 0) is 29.1 Å². The van der Waals surface area contributed by atoms with E-state index < -0.39 is 6.36 Å². The molecule has 0 spiro atoms. The number of rotatable bonds is 4. The minimum atomic E-state index is -4.70. The van der Waals surface area contributed by atoms with Gasteiger partial charge in [-0.3, -0.25) is 5.84 Å². The van der Waals surface area contributed by atoms with E-state index in [4.69, 9.17) is 17.4 Å². The standard InChI is InChI=1S/C12H10ClF3N2OS/c13-9-5-6-20-11(9)10(18-17)7-1-3-8(4-2-7)19-12(14,15)16/h1-6,10,18H,17H2. The molecular weight excluding hydrogens is 313 g/mol. The van der Waals surface area contributed by atoms with E-state index in [-0.39, 0.29) is 11.8 Å². The molecule has 3 nitrogen and oxygen atoms in total. The molecule has 1 aromatic carbocycles. The van der Waals surface area contributed by atoms with E-state index >= 15 is 0 Å². The maximum Gasteiger partial charge on any atom is 0.573 e. The van der Waals surface area contributed by atoms with E-state index in [1.165, 1.54) is 35.6 Å². The zero-order valence-corrected chi connectivity index (χ0v) is 11.5. The molecule has 0 fully saturated rings. The Morgan fingerprint density at radius 3 is 2.30 bits per heavy atom. The highest BCUT2D eigenvalue weighted by molar-refractivity contribution is 7.10. The lowest BCUT2D eigenvalue weighted by atomic mass is 10.1. The van der Waals surface area contributed by atoms with Gasteiger partial charge in [-0.2, -0.15) is 0 Å². The summed E-state index contributed by atoms with van der Waals surface area (Å²) < 4.78 is 40.0. The monoisotopic (exact) mass is 322 g/mol. The largest absolute Gasteiger partial charge is 0.573 e. The van der Waals surface area contributed by atoms with Crippen molar-refractivity contribution in [2.45, 2.75) is 12.4 Å². The van der Waals surface area contributed by atoms with E-state index in [1.807, 2.05) is 5.38 Å². The van der Waals surface area contributed by atoms with E-state index in [0.717, 1.165) is 4.88 Å². The zero-order chi connectivity index (χ0) is 14.8. The first-order valence-electron chi connectivity index (χ1n) is 5.45. The van der Waals surface area contributed by atoms with Crippen LogP contribution in [0.2, 0.25) is 5.02 Å². The van der Waals surface area contributed by atoms with E-state index in [2.05, 4.69) is 10.2 Å². The van der Waals surface area contributed by atoms with E-state index in [9.17, 15) is 13.2 Å². The highest BCUT2D eigenvalue weighted by Gasteiger charge is 2.31. The van der Waals surface area contributed by atoms with Gasteiger partial charge in [0.05, 0.1) is 11.1 Å². The molecule has 0 saturated carbocycles. The van der Waals surface area contributed by atoms with Crippen LogP contribution in [0.5, 0.6) is 5.75 Å². The van der Waals surface area contributed by atoms with Crippen molar-refractivity contribution >= 4 is 22.9 Å². The van der Waals surface area contributed by atoms with Crippen LogP contribution >= 0.6 is 22.9 Å². The van der Waals surface area contributed by atoms with Crippen LogP contribution in [-0.2, 0) is 0 Å². The molecule has 2 rings (SSSR count). The fourth-order valence-corrected chi connectivity index (χ4v) is 2.95. The molecular formula is C12H10ClF3N2OS. The molecule has 108 valence electrons. The topological polar surface area (TPSA) is 47.3 Å². The van der Waals surface area contributed by atoms with Crippen molar-refractivity contribution in [3.63, 3.8) is 0 Å². The van der Waals surface area contributed by atoms with Gasteiger partial charge in [0.25, 0.3) is 0 Å². The van der Waals surface area contributed by atoms with Crippen molar-refractivity contribution in [2.75, 3.05) is 0 Å². The molecule has 0 saturated heterocycles. The number of nitrogens with two attached hydrogens (primary N) is 1. The maximum atomic E-state index is 12.1. The smallest absolute Gasteiger partial charge is 0.406 e. The highest BCUT2D eigenvalue weighted by atomic mass is 35.5. The van der Waals surface area contributed by atoms with Crippen LogP contribution in [0.4, 0.5) is 13.2 Å². The summed E-state index contributed by atoms with van der Waals surface area (Å²) in [5.41, 5.74) is 3.28. The Labute approximate surface area is 122 Å². The molecule has 0 aliphatic rings. The van der Waals surface area contributed by atoms with Crippen molar-refractivity contribution in [1.82, 2.24) is 5.43 Å². The first kappa shape index (κ1) is 15.1. The highest BCUT2D eigenvalue weighted by Crippen LogP contribution is 2.33. The fourth-order valence-electron chi connectivity index (χ4n) is 1.70. The second-order valence-corrected chi connectivity index (χ2v) is 5.20. The summed E-state index contributed by atoms with van der Waals surface area (Å²) in [6, 6.07) is 6.81. The molecule has 0 bridgehead atoms. The maximum absolute atomic E-state index is 12.1. The van der Waals surface area contributed by atoms with Crippen LogP contribution < -0.4 is 16.0 Å². The number of hydrogen-bond acceptors (Lipinski definition) is 4. The third-order valence-electron chi connectivity index (χ3n) is 2.52. The third-order valence-corrected chi connectivity index (χ3v) is 3.94. The van der Waals surface area contributed by atoms with E-state index in [0.29, 0.717) is 10.6 Å². The Bertz CT molecular complexity index is 571. The molecule has 1 atom stereocenters. The molecule has 0 aliphatic carbocycles. The Hall–Kier alpha value is -1.28. The van der Waals surface area contributed by atoms with Gasteiger partial charge in [-0.1, -0.05) is 23.7 Å². The first-order chi connectivity index (χ1) is 9.40. The summed E-state index contributed by atoms with van der Waals surface area (Å²) >= 11 is 7.43. The second-order valence-electron chi connectivity index (χ2n) is 3.85. The molecule has 3 N–H and O–H groups in total. The normalized spacial score (nSPS) is 13.2. The number of benzene rings is 1. The van der Waals surface area contributed by atoms with Crippen molar-refractivity contribution in [1.29, 1.82) is 0 Å². The minimum Gasteiger partial charge on any atom is -0.406 e. The molecule has 1 aromatic heterocycles. The minimum absolute atomic E-state index is 0.283. The van der Waals surface area contributed by atoms with Gasteiger partial charge in [0.2, 0.25) is 0 Å². The predicted octanol–water partition coefficient (Wildman–Crippen LogP) is 3.85. The molecule has 8 heteroatoms. The van der Waals surface area contributed by atoms with Crippen LogP contribution in [0.3, 0.4) is 0 Å². The van der Waals surface area contributed by atoms with Gasteiger partial charge in [-0.25, -0.2) is 5.43 Å². The van der Waals surface area contributed by atoms with Crippen LogP contribution in [0.1, 0.15) is 16.5 Å². The second kappa shape index (κ2) is 6.01. The van der Waals surface area contributed by atoms with Gasteiger partial charge in [0.15, 0.2) is 0 Å². The van der Waals surface area contributed by atoms with Gasteiger partial charge < -0.3 is 4.74 Å². The Balaban J connectivity index is 2.22. The SMILES string of the molecule is NNC(c1ccc(OC(F)(F)F)cc1)c1sccc1Cl. The summed E-state index contributed by atoms with van der Waals surface area (Å²) in [6.45, 7) is 0. The van der Waals surface area contributed by atoms with Crippen LogP contribution in [0.25, 0.3) is 0 Å². The number of thiophene rings is 1. The first-order valence-corrected chi connectivity index (χ1v) is 6.71. The summed E-state index contributed by atoms with van der Waals surface area (Å²) in [5.74, 6) is 5.21. The quantitative estimate of drug-likeness (QED) is 0.664. The van der Waals surface area contributed by atoms with Gasteiger partial charge >= 0.3 is 6.36 Å². The molecule has 0 aliphatic heterocycles. The summed E-state index contributed by atoms with van der Waals surface area (Å²) in [7, 11) is 0. The number of alkyl halides is 3. The van der Waals surface area contributed by atoms with Gasteiger partial charge in [0.1, 0.15) is 5.75 Å². The Morgan fingerprint density at radius 1 is 1.20 bits per heavy atom. The molecule has 20 heavy (non-hydrogen) atoms. The van der Waals surface area contributed by atoms with Crippen molar-refractivity contribution < 1.29 is 17.9 Å². The zero-order valence-electron chi connectivity index (χ0n) is 9.95. The number of hydrogen-bond donors (Lipinski definition) is 2. The average Bonchev–Trinajstić information content (AvgIpc) is 2.77. The summed E-state index contributed by atoms with van der Waals surface area (Å²) in [5, 5.41) is 2.36. The predicted molar refractivity (Wildman–Crippen MR) is 71.6 cm³/mol. The Kier molecular flexibility index (Phi) is 4.54. The third kappa shape index (κ3) is 3.63. The molecule has 1 unspecified atom stereocenters. The number of hydrazine groups is 1. The molecule has 2 aromatic rings. The Morgan fingerprint density at radius 2 is 1.85 bits per heavy atom. The molecule has 1 heterocycles. The van der Waals surface area contributed by atoms with Crippen LogP contribution in [-0.4, -0.2) is 6.36 Å². The lowest BCUT2D eigenvalue weighted by Gasteiger charge is -2.16. The number of halogens is 4. The lowest BCUT2D eigenvalue weighted by Crippen LogP contribution is -2.28. The van der Waals surface area contributed by atoms with Crippen molar-refractivity contribution in [3.8, 4) is 5.75 Å².